The molecule has 2 heterocycles. The van der Waals surface area contributed by atoms with Crippen molar-refractivity contribution in [1.82, 2.24) is 9.78 Å². The minimum atomic E-state index is -2.99. The van der Waals surface area contributed by atoms with Crippen LogP contribution in [-0.4, -0.2) is 46.5 Å². The third-order valence-electron chi connectivity index (χ3n) is 3.27. The number of sulfone groups is 1. The number of nitrogens with zero attached hydrogens (tertiary/aromatic N) is 2. The Bertz CT molecular complexity index is 622. The van der Waals surface area contributed by atoms with Gasteiger partial charge < -0.3 is 5.11 Å². The average Bonchev–Trinajstić information content (AvgIpc) is 2.89. The molecule has 0 bridgehead atoms. The second-order valence-electron chi connectivity index (χ2n) is 5.76. The van der Waals surface area contributed by atoms with E-state index in [1.165, 1.54) is 11.8 Å². The Morgan fingerprint density at radius 3 is 2.81 bits per heavy atom. The maximum atomic E-state index is 11.6. The van der Waals surface area contributed by atoms with Crippen LogP contribution in [0.1, 0.15) is 32.0 Å². The molecule has 8 heteroatoms. The van der Waals surface area contributed by atoms with Crippen LogP contribution < -0.4 is 0 Å². The van der Waals surface area contributed by atoms with E-state index in [-0.39, 0.29) is 23.3 Å². The Balaban J connectivity index is 2.24. The second kappa shape index (κ2) is 6.39. The number of rotatable bonds is 6. The quantitative estimate of drug-likeness (QED) is 0.796. The lowest BCUT2D eigenvalue weighted by atomic mass is 10.1. The molecular weight excluding hydrogens is 312 g/mol. The Morgan fingerprint density at radius 2 is 2.29 bits per heavy atom. The average molecular weight is 332 g/mol. The summed E-state index contributed by atoms with van der Waals surface area (Å²) >= 11 is 1.20. The molecule has 1 unspecified atom stereocenters. The molecular formula is C13H20N2O4S2. The lowest BCUT2D eigenvalue weighted by Gasteiger charge is -2.12. The zero-order valence-corrected chi connectivity index (χ0v) is 13.8. The first-order valence-corrected chi connectivity index (χ1v) is 9.71. The molecule has 21 heavy (non-hydrogen) atoms. The molecule has 1 fully saturated rings. The van der Waals surface area contributed by atoms with Crippen LogP contribution in [0.15, 0.2) is 11.1 Å². The maximum absolute atomic E-state index is 11.6. The van der Waals surface area contributed by atoms with Gasteiger partial charge in [-0.15, -0.1) is 0 Å². The number of aliphatic carboxylic acids is 1. The highest BCUT2D eigenvalue weighted by atomic mass is 32.2. The van der Waals surface area contributed by atoms with Crippen LogP contribution in [-0.2, 0) is 21.1 Å². The molecule has 1 aromatic heterocycles. The summed E-state index contributed by atoms with van der Waals surface area (Å²) in [6, 6.07) is 1.71. The summed E-state index contributed by atoms with van der Waals surface area (Å²) in [5, 5.41) is 14.1. The fraction of sp³-hybridized carbons (Fsp3) is 0.692. The van der Waals surface area contributed by atoms with Gasteiger partial charge in [0.25, 0.3) is 0 Å². The van der Waals surface area contributed by atoms with Crippen LogP contribution in [0.4, 0.5) is 0 Å². The summed E-state index contributed by atoms with van der Waals surface area (Å²) in [6.45, 7) is 4.17. The smallest absolute Gasteiger partial charge is 0.313 e. The predicted octanol–water partition coefficient (Wildman–Crippen LogP) is 1.62. The van der Waals surface area contributed by atoms with Crippen LogP contribution in [0, 0.1) is 5.92 Å². The Morgan fingerprint density at radius 1 is 1.57 bits per heavy atom. The first-order chi connectivity index (χ1) is 9.77. The van der Waals surface area contributed by atoms with Crippen molar-refractivity contribution in [3.05, 3.63) is 11.8 Å². The summed E-state index contributed by atoms with van der Waals surface area (Å²) in [6.07, 6.45) is 1.35. The van der Waals surface area contributed by atoms with E-state index in [1.807, 2.05) is 6.07 Å². The Kier molecular flexibility index (Phi) is 4.98. The van der Waals surface area contributed by atoms with Gasteiger partial charge in [-0.2, -0.15) is 5.10 Å². The van der Waals surface area contributed by atoms with Crippen molar-refractivity contribution in [3.63, 3.8) is 0 Å². The minimum Gasteiger partial charge on any atom is -0.481 e. The third-order valence-corrected chi connectivity index (χ3v) is 6.01. The first-order valence-electron chi connectivity index (χ1n) is 6.90. The van der Waals surface area contributed by atoms with Crippen molar-refractivity contribution < 1.29 is 18.3 Å². The number of hydrogen-bond acceptors (Lipinski definition) is 5. The number of carboxylic acids is 1. The van der Waals surface area contributed by atoms with Gasteiger partial charge in [-0.1, -0.05) is 25.6 Å². The van der Waals surface area contributed by atoms with Gasteiger partial charge in [0, 0.05) is 0 Å². The molecule has 1 aliphatic heterocycles. The van der Waals surface area contributed by atoms with Crippen LogP contribution in [0.25, 0.3) is 0 Å². The van der Waals surface area contributed by atoms with Gasteiger partial charge in [0.2, 0.25) is 0 Å². The highest BCUT2D eigenvalue weighted by Gasteiger charge is 2.31. The fourth-order valence-corrected chi connectivity index (χ4v) is 4.92. The second-order valence-corrected chi connectivity index (χ2v) is 8.98. The van der Waals surface area contributed by atoms with Gasteiger partial charge in [-0.3, -0.25) is 9.48 Å². The molecule has 0 spiro atoms. The zero-order valence-electron chi connectivity index (χ0n) is 12.2. The van der Waals surface area contributed by atoms with E-state index in [9.17, 15) is 13.2 Å². The van der Waals surface area contributed by atoms with Gasteiger partial charge in [-0.05, 0) is 24.8 Å². The van der Waals surface area contributed by atoms with E-state index in [4.69, 9.17) is 5.11 Å². The van der Waals surface area contributed by atoms with E-state index in [0.717, 1.165) is 17.1 Å². The number of thioether (sulfide) groups is 1. The molecule has 0 amide bonds. The van der Waals surface area contributed by atoms with E-state index in [0.29, 0.717) is 12.3 Å². The summed E-state index contributed by atoms with van der Waals surface area (Å²) in [5.74, 6) is -0.224. The number of carbonyl (C=O) groups is 1. The largest absolute Gasteiger partial charge is 0.481 e. The minimum absolute atomic E-state index is 0.0493. The summed E-state index contributed by atoms with van der Waals surface area (Å²) in [5.41, 5.74) is 0.891. The first kappa shape index (κ1) is 16.4. The molecule has 2 rings (SSSR count). The van der Waals surface area contributed by atoms with Crippen LogP contribution in [0.3, 0.4) is 0 Å². The SMILES string of the molecule is CC(C)Cc1cc(SCC(=O)O)n(C2CCS(=O)(=O)C2)n1. The number of aromatic nitrogens is 2. The molecule has 118 valence electrons. The molecule has 1 atom stereocenters. The molecule has 1 aromatic rings. The van der Waals surface area contributed by atoms with Gasteiger partial charge in [0.15, 0.2) is 9.84 Å². The van der Waals surface area contributed by atoms with Crippen molar-refractivity contribution >= 4 is 27.6 Å². The van der Waals surface area contributed by atoms with Crippen LogP contribution in [0.5, 0.6) is 0 Å². The van der Waals surface area contributed by atoms with Crippen LogP contribution >= 0.6 is 11.8 Å². The molecule has 0 saturated carbocycles. The molecule has 0 radical (unpaired) electrons. The summed E-state index contributed by atoms with van der Waals surface area (Å²) < 4.78 is 25.0. The third kappa shape index (κ3) is 4.47. The number of hydrogen-bond donors (Lipinski definition) is 1. The summed E-state index contributed by atoms with van der Waals surface area (Å²) in [7, 11) is -2.99. The zero-order chi connectivity index (χ0) is 15.6. The summed E-state index contributed by atoms with van der Waals surface area (Å²) in [4.78, 5) is 10.7. The maximum Gasteiger partial charge on any atom is 0.313 e. The highest BCUT2D eigenvalue weighted by Crippen LogP contribution is 2.30. The van der Waals surface area contributed by atoms with Crippen molar-refractivity contribution in [3.8, 4) is 0 Å². The molecule has 1 aliphatic rings. The Labute approximate surface area is 128 Å². The van der Waals surface area contributed by atoms with E-state index < -0.39 is 15.8 Å². The normalized spacial score (nSPS) is 21.0. The molecule has 6 nitrogen and oxygen atoms in total. The standard InChI is InChI=1S/C13H20N2O4S2/c1-9(2)5-10-6-12(20-7-13(16)17)15(14-10)11-3-4-21(18,19)8-11/h6,9,11H,3-5,7-8H2,1-2H3,(H,16,17). The highest BCUT2D eigenvalue weighted by molar-refractivity contribution is 7.99. The lowest BCUT2D eigenvalue weighted by Crippen LogP contribution is -2.14. The van der Waals surface area contributed by atoms with Crippen molar-refractivity contribution in [2.75, 3.05) is 17.3 Å². The van der Waals surface area contributed by atoms with Gasteiger partial charge >= 0.3 is 5.97 Å². The van der Waals surface area contributed by atoms with Crippen molar-refractivity contribution in [2.24, 2.45) is 5.92 Å². The lowest BCUT2D eigenvalue weighted by molar-refractivity contribution is -0.133. The van der Waals surface area contributed by atoms with E-state index in [1.54, 1.807) is 4.68 Å². The van der Waals surface area contributed by atoms with Gasteiger partial charge in [0.1, 0.15) is 0 Å². The van der Waals surface area contributed by atoms with Gasteiger partial charge in [0.05, 0.1) is 34.0 Å². The van der Waals surface area contributed by atoms with Crippen molar-refractivity contribution in [2.45, 2.75) is 37.8 Å². The van der Waals surface area contributed by atoms with E-state index in [2.05, 4.69) is 18.9 Å². The monoisotopic (exact) mass is 332 g/mol. The number of carboxylic acid groups (broad SMARTS) is 1. The molecule has 1 saturated heterocycles. The van der Waals surface area contributed by atoms with Gasteiger partial charge in [-0.25, -0.2) is 8.42 Å². The molecule has 1 N–H and O–H groups in total. The van der Waals surface area contributed by atoms with E-state index >= 15 is 0 Å². The molecule has 0 aliphatic carbocycles. The fourth-order valence-electron chi connectivity index (χ4n) is 2.42. The molecule has 0 aromatic carbocycles. The predicted molar refractivity (Wildman–Crippen MR) is 81.4 cm³/mol. The Hall–Kier alpha value is -1.02. The topological polar surface area (TPSA) is 89.3 Å². The van der Waals surface area contributed by atoms with Crippen molar-refractivity contribution in [1.29, 1.82) is 0 Å². The van der Waals surface area contributed by atoms with Crippen LogP contribution in [0.2, 0.25) is 0 Å².